The van der Waals surface area contributed by atoms with Crippen LogP contribution < -0.4 is 10.9 Å². The van der Waals surface area contributed by atoms with E-state index in [-0.39, 0.29) is 12.1 Å². The molecule has 6 nitrogen and oxygen atoms in total. The Morgan fingerprint density at radius 2 is 1.95 bits per heavy atom. The predicted molar refractivity (Wildman–Crippen MR) is 73.7 cm³/mol. The summed E-state index contributed by atoms with van der Waals surface area (Å²) in [7, 11) is 0. The van der Waals surface area contributed by atoms with Gasteiger partial charge in [-0.25, -0.2) is 4.39 Å². The fraction of sp³-hybridized carbons (Fsp3) is 0.214. The summed E-state index contributed by atoms with van der Waals surface area (Å²) in [5.74, 6) is -1.82. The second-order valence-electron chi connectivity index (χ2n) is 4.57. The van der Waals surface area contributed by atoms with Crippen molar-refractivity contribution in [3.8, 4) is 0 Å². The van der Waals surface area contributed by atoms with Crippen molar-refractivity contribution in [1.29, 1.82) is 0 Å². The molecule has 0 unspecified atom stereocenters. The summed E-state index contributed by atoms with van der Waals surface area (Å²) in [6.45, 7) is 3.61. The van der Waals surface area contributed by atoms with E-state index in [1.807, 2.05) is 19.9 Å². The topological polar surface area (TPSA) is 76.0 Å². The molecule has 110 valence electrons. The van der Waals surface area contributed by atoms with Crippen LogP contribution in [0.3, 0.4) is 0 Å². The number of nitrogens with one attached hydrogen (secondary N) is 2. The third kappa shape index (κ3) is 3.65. The summed E-state index contributed by atoms with van der Waals surface area (Å²) in [5.41, 5.74) is 5.90. The molecular weight excluding hydrogens is 275 g/mol. The first-order valence-electron chi connectivity index (χ1n) is 6.32. The van der Waals surface area contributed by atoms with Crippen LogP contribution in [0.25, 0.3) is 0 Å². The minimum Gasteiger partial charge on any atom is -0.271 e. The fourth-order valence-corrected chi connectivity index (χ4v) is 1.85. The molecule has 0 bridgehead atoms. The number of aromatic nitrogens is 2. The Morgan fingerprint density at radius 1 is 1.24 bits per heavy atom. The van der Waals surface area contributed by atoms with Crippen molar-refractivity contribution >= 4 is 11.8 Å². The molecule has 0 spiro atoms. The van der Waals surface area contributed by atoms with Crippen LogP contribution in [0, 0.1) is 19.7 Å². The summed E-state index contributed by atoms with van der Waals surface area (Å²) >= 11 is 0. The fourth-order valence-electron chi connectivity index (χ4n) is 1.85. The van der Waals surface area contributed by atoms with Crippen LogP contribution in [-0.2, 0) is 11.3 Å². The molecule has 21 heavy (non-hydrogen) atoms. The van der Waals surface area contributed by atoms with Crippen LogP contribution in [0.4, 0.5) is 4.39 Å². The first-order valence-corrected chi connectivity index (χ1v) is 6.32. The highest BCUT2D eigenvalue weighted by molar-refractivity contribution is 5.95. The Hall–Kier alpha value is -2.70. The minimum absolute atomic E-state index is 0.0305. The Bertz CT molecular complexity index is 681. The Morgan fingerprint density at radius 3 is 2.57 bits per heavy atom. The monoisotopic (exact) mass is 290 g/mol. The van der Waals surface area contributed by atoms with Crippen molar-refractivity contribution in [1.82, 2.24) is 20.6 Å². The number of hydrazine groups is 1. The number of carbonyl (C=O) groups excluding carboxylic acids is 2. The summed E-state index contributed by atoms with van der Waals surface area (Å²) in [6, 6.07) is 7.36. The zero-order chi connectivity index (χ0) is 15.4. The number of hydrogen-bond donors (Lipinski definition) is 2. The Labute approximate surface area is 120 Å². The van der Waals surface area contributed by atoms with Gasteiger partial charge < -0.3 is 0 Å². The molecule has 2 N–H and O–H groups in total. The molecule has 0 aliphatic heterocycles. The number of rotatable bonds is 3. The van der Waals surface area contributed by atoms with E-state index in [9.17, 15) is 14.0 Å². The highest BCUT2D eigenvalue weighted by Crippen LogP contribution is 2.05. The minimum atomic E-state index is -0.713. The first kappa shape index (κ1) is 14.7. The Kier molecular flexibility index (Phi) is 4.32. The van der Waals surface area contributed by atoms with Gasteiger partial charge in [-0.3, -0.25) is 25.1 Å². The lowest BCUT2D eigenvalue weighted by atomic mass is 10.2. The smallest absolute Gasteiger partial charge is 0.271 e. The first-order chi connectivity index (χ1) is 9.97. The van der Waals surface area contributed by atoms with Crippen molar-refractivity contribution in [2.45, 2.75) is 20.4 Å². The molecule has 0 aliphatic rings. The summed E-state index contributed by atoms with van der Waals surface area (Å²) in [6.07, 6.45) is 0. The Balaban J connectivity index is 1.91. The predicted octanol–water partition coefficient (Wildman–Crippen LogP) is 1.10. The SMILES string of the molecule is Cc1cc(C)n(CC(=O)NNC(=O)c2ccccc2F)n1. The van der Waals surface area contributed by atoms with Crippen LogP contribution in [0.15, 0.2) is 30.3 Å². The van der Waals surface area contributed by atoms with E-state index >= 15 is 0 Å². The average molecular weight is 290 g/mol. The zero-order valence-corrected chi connectivity index (χ0v) is 11.7. The normalized spacial score (nSPS) is 10.2. The van der Waals surface area contributed by atoms with Crippen LogP contribution >= 0.6 is 0 Å². The largest absolute Gasteiger partial charge is 0.272 e. The third-order valence-corrected chi connectivity index (χ3v) is 2.83. The van der Waals surface area contributed by atoms with Crippen molar-refractivity contribution in [2.75, 3.05) is 0 Å². The maximum absolute atomic E-state index is 13.4. The average Bonchev–Trinajstić information content (AvgIpc) is 2.74. The van der Waals surface area contributed by atoms with E-state index in [4.69, 9.17) is 0 Å². The highest BCUT2D eigenvalue weighted by atomic mass is 19.1. The lowest BCUT2D eigenvalue weighted by Gasteiger charge is -2.08. The van der Waals surface area contributed by atoms with Gasteiger partial charge in [0.25, 0.3) is 11.8 Å². The summed E-state index contributed by atoms with van der Waals surface area (Å²) in [4.78, 5) is 23.4. The maximum atomic E-state index is 13.4. The van der Waals surface area contributed by atoms with Crippen LogP contribution in [0.5, 0.6) is 0 Å². The standard InChI is InChI=1S/C14H15FN4O2/c1-9-7-10(2)19(18-9)8-13(20)16-17-14(21)11-5-3-4-6-12(11)15/h3-7H,8H2,1-2H3,(H,16,20)(H,17,21). The van der Waals surface area contributed by atoms with Gasteiger partial charge in [0, 0.05) is 5.69 Å². The van der Waals surface area contributed by atoms with Gasteiger partial charge in [-0.05, 0) is 32.0 Å². The highest BCUT2D eigenvalue weighted by Gasteiger charge is 2.12. The molecule has 2 rings (SSSR count). The lowest BCUT2D eigenvalue weighted by Crippen LogP contribution is -2.43. The molecule has 0 saturated heterocycles. The van der Waals surface area contributed by atoms with Gasteiger partial charge in [-0.15, -0.1) is 0 Å². The van der Waals surface area contributed by atoms with E-state index in [0.29, 0.717) is 0 Å². The molecule has 0 atom stereocenters. The van der Waals surface area contributed by atoms with Crippen LogP contribution in [-0.4, -0.2) is 21.6 Å². The van der Waals surface area contributed by atoms with Gasteiger partial charge in [0.2, 0.25) is 0 Å². The third-order valence-electron chi connectivity index (χ3n) is 2.83. The molecule has 0 fully saturated rings. The number of amides is 2. The molecule has 0 radical (unpaired) electrons. The lowest BCUT2D eigenvalue weighted by molar-refractivity contribution is -0.122. The molecule has 0 saturated carbocycles. The molecule has 2 amide bonds. The van der Waals surface area contributed by atoms with Gasteiger partial charge in [-0.1, -0.05) is 12.1 Å². The van der Waals surface area contributed by atoms with Gasteiger partial charge in [0.1, 0.15) is 12.4 Å². The second-order valence-corrected chi connectivity index (χ2v) is 4.57. The quantitative estimate of drug-likeness (QED) is 0.831. The number of halogens is 1. The molecule has 1 aromatic heterocycles. The van der Waals surface area contributed by atoms with E-state index < -0.39 is 17.6 Å². The molecule has 1 aromatic carbocycles. The van der Waals surface area contributed by atoms with Gasteiger partial charge in [0.05, 0.1) is 11.3 Å². The molecule has 2 aromatic rings. The number of benzene rings is 1. The van der Waals surface area contributed by atoms with E-state index in [1.165, 1.54) is 28.9 Å². The van der Waals surface area contributed by atoms with Crippen LogP contribution in [0.1, 0.15) is 21.7 Å². The van der Waals surface area contributed by atoms with Gasteiger partial charge in [-0.2, -0.15) is 5.10 Å². The van der Waals surface area contributed by atoms with E-state index in [0.717, 1.165) is 11.4 Å². The molecule has 1 heterocycles. The molecular formula is C14H15FN4O2. The summed E-state index contributed by atoms with van der Waals surface area (Å²) in [5, 5.41) is 4.13. The zero-order valence-electron chi connectivity index (χ0n) is 11.7. The van der Waals surface area contributed by atoms with Crippen molar-refractivity contribution in [3.05, 3.63) is 53.1 Å². The van der Waals surface area contributed by atoms with E-state index in [2.05, 4.69) is 16.0 Å². The number of aryl methyl sites for hydroxylation is 2. The molecule has 0 aliphatic carbocycles. The van der Waals surface area contributed by atoms with Crippen molar-refractivity contribution < 1.29 is 14.0 Å². The number of nitrogens with zero attached hydrogens (tertiary/aromatic N) is 2. The van der Waals surface area contributed by atoms with Crippen LogP contribution in [0.2, 0.25) is 0 Å². The molecule has 7 heteroatoms. The van der Waals surface area contributed by atoms with Gasteiger partial charge in [0.15, 0.2) is 0 Å². The second kappa shape index (κ2) is 6.17. The van der Waals surface area contributed by atoms with E-state index in [1.54, 1.807) is 0 Å². The number of carbonyl (C=O) groups is 2. The van der Waals surface area contributed by atoms with Gasteiger partial charge >= 0.3 is 0 Å². The van der Waals surface area contributed by atoms with Crippen molar-refractivity contribution in [2.24, 2.45) is 0 Å². The maximum Gasteiger partial charge on any atom is 0.272 e. The number of hydrogen-bond acceptors (Lipinski definition) is 3. The summed E-state index contributed by atoms with van der Waals surface area (Å²) < 4.78 is 14.9. The van der Waals surface area contributed by atoms with Crippen molar-refractivity contribution in [3.63, 3.8) is 0 Å².